The fourth-order valence-corrected chi connectivity index (χ4v) is 3.29. The van der Waals surface area contributed by atoms with Gasteiger partial charge in [-0.1, -0.05) is 42.5 Å². The number of rotatable bonds is 5. The van der Waals surface area contributed by atoms with E-state index in [1.807, 2.05) is 68.4 Å². The summed E-state index contributed by atoms with van der Waals surface area (Å²) in [6, 6.07) is 17.6. The highest BCUT2D eigenvalue weighted by molar-refractivity contribution is 6.00. The first-order chi connectivity index (χ1) is 12.1. The highest BCUT2D eigenvalue weighted by atomic mass is 16.5. The number of para-hydroxylation sites is 2. The Hall–Kier alpha value is -2.33. The van der Waals surface area contributed by atoms with E-state index in [9.17, 15) is 4.79 Å². The molecule has 1 aliphatic rings. The van der Waals surface area contributed by atoms with Gasteiger partial charge in [0.05, 0.1) is 17.2 Å². The number of amides is 1. The van der Waals surface area contributed by atoms with E-state index < -0.39 is 5.41 Å². The second kappa shape index (κ2) is 7.70. The first-order valence-electron chi connectivity index (χ1n) is 8.82. The van der Waals surface area contributed by atoms with Crippen molar-refractivity contribution >= 4 is 11.6 Å². The lowest BCUT2D eigenvalue weighted by molar-refractivity contribution is -0.125. The Morgan fingerprint density at radius 3 is 2.36 bits per heavy atom. The lowest BCUT2D eigenvalue weighted by Gasteiger charge is -2.36. The average molecular weight is 339 g/mol. The molecule has 1 aliphatic heterocycles. The van der Waals surface area contributed by atoms with Gasteiger partial charge in [0.15, 0.2) is 0 Å². The van der Waals surface area contributed by atoms with Gasteiger partial charge in [-0.25, -0.2) is 0 Å². The Morgan fingerprint density at radius 1 is 1.04 bits per heavy atom. The van der Waals surface area contributed by atoms with Crippen LogP contribution in [0.25, 0.3) is 0 Å². The molecule has 0 aliphatic carbocycles. The van der Waals surface area contributed by atoms with E-state index in [0.717, 1.165) is 5.56 Å². The Balaban J connectivity index is 1.90. The third-order valence-electron chi connectivity index (χ3n) is 4.61. The molecule has 25 heavy (non-hydrogen) atoms. The maximum atomic E-state index is 13.3. The van der Waals surface area contributed by atoms with Crippen molar-refractivity contribution in [3.63, 3.8) is 0 Å². The monoisotopic (exact) mass is 339 g/mol. The number of hydrogen-bond acceptors (Lipinski definition) is 3. The van der Waals surface area contributed by atoms with Crippen molar-refractivity contribution in [2.45, 2.75) is 38.2 Å². The number of anilines is 1. The van der Waals surface area contributed by atoms with Crippen molar-refractivity contribution in [3.05, 3.63) is 60.2 Å². The van der Waals surface area contributed by atoms with Crippen LogP contribution in [0.4, 0.5) is 5.69 Å². The fraction of sp³-hybridized carbons (Fsp3) is 0.381. The van der Waals surface area contributed by atoms with Crippen LogP contribution in [0, 0.1) is 0 Å². The highest BCUT2D eigenvalue weighted by Gasteiger charge is 2.41. The van der Waals surface area contributed by atoms with Crippen LogP contribution in [-0.4, -0.2) is 25.2 Å². The number of ether oxygens (including phenoxy) is 2. The summed E-state index contributed by atoms with van der Waals surface area (Å²) in [5.74, 6) is 0.697. The summed E-state index contributed by atoms with van der Waals surface area (Å²) in [5.41, 5.74) is 1.19. The molecule has 1 amide bonds. The molecule has 0 aromatic heterocycles. The summed E-state index contributed by atoms with van der Waals surface area (Å²) < 4.78 is 11.4. The van der Waals surface area contributed by atoms with E-state index in [0.29, 0.717) is 37.5 Å². The van der Waals surface area contributed by atoms with Gasteiger partial charge in [-0.05, 0) is 44.4 Å². The van der Waals surface area contributed by atoms with Crippen LogP contribution >= 0.6 is 0 Å². The minimum Gasteiger partial charge on any atom is -0.489 e. The minimum atomic E-state index is -0.565. The van der Waals surface area contributed by atoms with E-state index in [2.05, 4.69) is 5.32 Å². The van der Waals surface area contributed by atoms with E-state index in [1.165, 1.54) is 0 Å². The summed E-state index contributed by atoms with van der Waals surface area (Å²) in [7, 11) is 0. The van der Waals surface area contributed by atoms with E-state index in [1.54, 1.807) is 0 Å². The van der Waals surface area contributed by atoms with Gasteiger partial charge in [-0.2, -0.15) is 0 Å². The molecule has 0 spiro atoms. The van der Waals surface area contributed by atoms with Crippen molar-refractivity contribution in [2.75, 3.05) is 18.5 Å². The predicted octanol–water partition coefficient (Wildman–Crippen LogP) is 4.16. The number of carbonyl (C=O) groups is 1. The molecule has 4 nitrogen and oxygen atoms in total. The second-order valence-electron chi connectivity index (χ2n) is 6.68. The molecular formula is C21H25NO3. The zero-order valence-corrected chi connectivity index (χ0v) is 14.8. The second-order valence-corrected chi connectivity index (χ2v) is 6.68. The van der Waals surface area contributed by atoms with Crippen LogP contribution in [0.3, 0.4) is 0 Å². The van der Waals surface area contributed by atoms with Gasteiger partial charge in [0, 0.05) is 13.2 Å². The van der Waals surface area contributed by atoms with Gasteiger partial charge in [0.1, 0.15) is 5.75 Å². The quantitative estimate of drug-likeness (QED) is 0.890. The van der Waals surface area contributed by atoms with Crippen LogP contribution in [0.15, 0.2) is 54.6 Å². The summed E-state index contributed by atoms with van der Waals surface area (Å²) in [6.07, 6.45) is 1.40. The Kier molecular flexibility index (Phi) is 5.39. The Bertz CT molecular complexity index is 706. The van der Waals surface area contributed by atoms with Gasteiger partial charge < -0.3 is 14.8 Å². The maximum Gasteiger partial charge on any atom is 0.235 e. The summed E-state index contributed by atoms with van der Waals surface area (Å²) >= 11 is 0. The molecule has 1 N–H and O–H groups in total. The average Bonchev–Trinajstić information content (AvgIpc) is 2.64. The first-order valence-corrected chi connectivity index (χ1v) is 8.82. The van der Waals surface area contributed by atoms with Crippen molar-refractivity contribution in [3.8, 4) is 5.75 Å². The molecule has 4 heteroatoms. The molecule has 1 heterocycles. The molecule has 0 atom stereocenters. The van der Waals surface area contributed by atoms with E-state index in [4.69, 9.17) is 9.47 Å². The molecule has 1 saturated heterocycles. The largest absolute Gasteiger partial charge is 0.489 e. The van der Waals surface area contributed by atoms with Crippen LogP contribution in [0.1, 0.15) is 32.3 Å². The third kappa shape index (κ3) is 3.85. The van der Waals surface area contributed by atoms with Crippen LogP contribution in [-0.2, 0) is 14.9 Å². The van der Waals surface area contributed by atoms with Gasteiger partial charge in [-0.15, -0.1) is 0 Å². The molecule has 0 unspecified atom stereocenters. The zero-order chi connectivity index (χ0) is 17.7. The van der Waals surface area contributed by atoms with Crippen LogP contribution in [0.2, 0.25) is 0 Å². The SMILES string of the molecule is CC(C)Oc1ccccc1NC(=O)C1(c2ccccc2)CCOCC1. The molecule has 0 bridgehead atoms. The first kappa shape index (κ1) is 17.5. The molecule has 2 aromatic carbocycles. The van der Waals surface area contributed by atoms with Crippen molar-refractivity contribution < 1.29 is 14.3 Å². The number of carbonyl (C=O) groups excluding carboxylic acids is 1. The fourth-order valence-electron chi connectivity index (χ4n) is 3.29. The molecule has 2 aromatic rings. The molecular weight excluding hydrogens is 314 g/mol. The van der Waals surface area contributed by atoms with E-state index in [-0.39, 0.29) is 12.0 Å². The zero-order valence-electron chi connectivity index (χ0n) is 14.8. The number of nitrogens with one attached hydrogen (secondary N) is 1. The minimum absolute atomic E-state index is 0.00167. The van der Waals surface area contributed by atoms with Crippen molar-refractivity contribution in [1.29, 1.82) is 0 Å². The lowest BCUT2D eigenvalue weighted by Crippen LogP contribution is -2.44. The summed E-state index contributed by atoms with van der Waals surface area (Å²) in [5, 5.41) is 3.11. The maximum absolute atomic E-state index is 13.3. The van der Waals surface area contributed by atoms with Crippen LogP contribution < -0.4 is 10.1 Å². The highest BCUT2D eigenvalue weighted by Crippen LogP contribution is 2.37. The summed E-state index contributed by atoms with van der Waals surface area (Å²) in [6.45, 7) is 5.13. The molecule has 132 valence electrons. The molecule has 1 fully saturated rings. The topological polar surface area (TPSA) is 47.6 Å². The standard InChI is InChI=1S/C21H25NO3/c1-16(2)25-19-11-7-6-10-18(19)22-20(23)21(12-14-24-15-13-21)17-8-4-3-5-9-17/h3-11,16H,12-15H2,1-2H3,(H,22,23). The van der Waals surface area contributed by atoms with Gasteiger partial charge >= 0.3 is 0 Å². The normalized spacial score (nSPS) is 16.4. The lowest BCUT2D eigenvalue weighted by atomic mass is 9.73. The molecule has 0 radical (unpaired) electrons. The predicted molar refractivity (Wildman–Crippen MR) is 99.0 cm³/mol. The summed E-state index contributed by atoms with van der Waals surface area (Å²) in [4.78, 5) is 13.3. The van der Waals surface area contributed by atoms with E-state index >= 15 is 0 Å². The van der Waals surface area contributed by atoms with Gasteiger partial charge in [0.2, 0.25) is 5.91 Å². The van der Waals surface area contributed by atoms with Gasteiger partial charge in [0.25, 0.3) is 0 Å². The van der Waals surface area contributed by atoms with Crippen LogP contribution in [0.5, 0.6) is 5.75 Å². The van der Waals surface area contributed by atoms with Crippen molar-refractivity contribution in [2.24, 2.45) is 0 Å². The van der Waals surface area contributed by atoms with Gasteiger partial charge in [-0.3, -0.25) is 4.79 Å². The Labute approximate surface area is 149 Å². The number of benzene rings is 2. The smallest absolute Gasteiger partial charge is 0.235 e. The van der Waals surface area contributed by atoms with Crippen molar-refractivity contribution in [1.82, 2.24) is 0 Å². The Morgan fingerprint density at radius 2 is 1.68 bits per heavy atom. The molecule has 0 saturated carbocycles. The molecule has 3 rings (SSSR count). The number of hydrogen-bond donors (Lipinski definition) is 1. The third-order valence-corrected chi connectivity index (χ3v) is 4.61.